The van der Waals surface area contributed by atoms with Crippen LogP contribution in [0.5, 0.6) is 0 Å². The molecular formula is C22H35OP. The van der Waals surface area contributed by atoms with Gasteiger partial charge < -0.3 is 5.11 Å². The molecule has 2 heteroatoms. The lowest BCUT2D eigenvalue weighted by molar-refractivity contribution is 0.116. The lowest BCUT2D eigenvalue weighted by Gasteiger charge is -2.36. The van der Waals surface area contributed by atoms with Crippen LogP contribution in [0.2, 0.25) is 0 Å². The van der Waals surface area contributed by atoms with Crippen LogP contribution in [0.1, 0.15) is 67.2 Å². The van der Waals surface area contributed by atoms with Crippen molar-refractivity contribution >= 4 is 8.58 Å². The third-order valence-corrected chi connectivity index (χ3v) is 6.54. The van der Waals surface area contributed by atoms with Gasteiger partial charge in [-0.1, -0.05) is 77.3 Å². The van der Waals surface area contributed by atoms with Gasteiger partial charge in [0.05, 0.1) is 6.10 Å². The smallest absolute Gasteiger partial charge is 0.0585 e. The highest BCUT2D eigenvalue weighted by atomic mass is 31.1. The summed E-state index contributed by atoms with van der Waals surface area (Å²) in [7, 11) is 0.721. The summed E-state index contributed by atoms with van der Waals surface area (Å²) in [6.45, 7) is 13.7. The van der Waals surface area contributed by atoms with Gasteiger partial charge in [0, 0.05) is 5.92 Å². The number of allylic oxidation sites excluding steroid dienone is 5. The van der Waals surface area contributed by atoms with E-state index in [4.69, 9.17) is 0 Å². The van der Waals surface area contributed by atoms with Crippen molar-refractivity contribution in [3.05, 3.63) is 46.6 Å². The number of rotatable bonds is 4. The first-order valence-corrected chi connectivity index (χ1v) is 10.4. The molecule has 0 radical (unpaired) electrons. The highest BCUT2D eigenvalue weighted by Crippen LogP contribution is 2.43. The Morgan fingerprint density at radius 3 is 2.50 bits per heavy atom. The number of hydrogen-bond acceptors (Lipinski definition) is 1. The Kier molecular flexibility index (Phi) is 6.32. The molecular weight excluding hydrogens is 311 g/mol. The Bertz CT molecular complexity index is 575. The molecule has 0 amide bonds. The van der Waals surface area contributed by atoms with E-state index in [-0.39, 0.29) is 11.5 Å². The molecule has 0 saturated heterocycles. The molecule has 134 valence electrons. The van der Waals surface area contributed by atoms with Crippen molar-refractivity contribution in [1.29, 1.82) is 0 Å². The minimum absolute atomic E-state index is 0.0805. The zero-order valence-corrected chi connectivity index (χ0v) is 17.3. The molecule has 24 heavy (non-hydrogen) atoms. The van der Waals surface area contributed by atoms with Crippen molar-refractivity contribution in [3.63, 3.8) is 0 Å². The molecule has 0 aromatic carbocycles. The number of hydrogen-bond donors (Lipinski definition) is 1. The molecule has 0 aliphatic heterocycles. The largest absolute Gasteiger partial charge is 0.393 e. The van der Waals surface area contributed by atoms with E-state index in [1.807, 2.05) is 0 Å². The van der Waals surface area contributed by atoms with Gasteiger partial charge in [-0.3, -0.25) is 0 Å². The van der Waals surface area contributed by atoms with Crippen molar-refractivity contribution in [3.8, 4) is 0 Å². The van der Waals surface area contributed by atoms with Gasteiger partial charge >= 0.3 is 0 Å². The van der Waals surface area contributed by atoms with Crippen molar-refractivity contribution in [1.82, 2.24) is 0 Å². The van der Waals surface area contributed by atoms with Crippen molar-refractivity contribution in [2.45, 2.75) is 73.3 Å². The molecule has 0 fully saturated rings. The molecule has 1 unspecified atom stereocenters. The van der Waals surface area contributed by atoms with Gasteiger partial charge in [0.1, 0.15) is 0 Å². The van der Waals surface area contributed by atoms with Gasteiger partial charge in [-0.2, -0.15) is 0 Å². The zero-order chi connectivity index (χ0) is 18.0. The summed E-state index contributed by atoms with van der Waals surface area (Å²) in [6, 6.07) is 0. The first-order valence-electron chi connectivity index (χ1n) is 9.28. The summed E-state index contributed by atoms with van der Waals surface area (Å²) < 4.78 is 0. The van der Waals surface area contributed by atoms with Gasteiger partial charge in [-0.05, 0) is 55.9 Å². The Morgan fingerprint density at radius 2 is 1.88 bits per heavy atom. The van der Waals surface area contributed by atoms with Gasteiger partial charge in [-0.15, -0.1) is 0 Å². The van der Waals surface area contributed by atoms with E-state index < -0.39 is 0 Å². The minimum Gasteiger partial charge on any atom is -0.393 e. The van der Waals surface area contributed by atoms with Gasteiger partial charge in [0.15, 0.2) is 0 Å². The zero-order valence-electron chi connectivity index (χ0n) is 16.3. The van der Waals surface area contributed by atoms with Crippen LogP contribution >= 0.6 is 8.58 Å². The maximum absolute atomic E-state index is 9.99. The van der Waals surface area contributed by atoms with Crippen molar-refractivity contribution in [2.24, 2.45) is 16.7 Å². The van der Waals surface area contributed by atoms with Crippen molar-refractivity contribution in [2.75, 3.05) is 0 Å². The lowest BCUT2D eigenvalue weighted by atomic mass is 9.69. The van der Waals surface area contributed by atoms with Gasteiger partial charge in [0.2, 0.25) is 0 Å². The quantitative estimate of drug-likeness (QED) is 0.451. The predicted molar refractivity (Wildman–Crippen MR) is 109 cm³/mol. The molecule has 2 aliphatic carbocycles. The van der Waals surface area contributed by atoms with Crippen LogP contribution in [0.4, 0.5) is 0 Å². The van der Waals surface area contributed by atoms with E-state index in [0.717, 1.165) is 21.4 Å². The fourth-order valence-corrected chi connectivity index (χ4v) is 5.18. The SMILES string of the molecule is CC1=CCCC(C)(C)[C@H]1/C=C/P/C=C/C1=C(C)C[C@@H](O)CC1(C)C. The predicted octanol–water partition coefficient (Wildman–Crippen LogP) is 6.57. The van der Waals surface area contributed by atoms with Crippen LogP contribution in [0.15, 0.2) is 46.6 Å². The standard InChI is InChI=1S/C22H35OP/c1-16-8-7-11-21(3,4)19(16)9-12-24-13-10-20-17(2)14-18(23)15-22(20,5)6/h8-10,12-13,18-19,23-24H,7,11,14-15H2,1-6H3/b12-9+,13-10+/t18-,19+/m1/s1. The molecule has 0 heterocycles. The van der Waals surface area contributed by atoms with Crippen LogP contribution in [-0.2, 0) is 0 Å². The Morgan fingerprint density at radius 1 is 1.17 bits per heavy atom. The molecule has 2 aliphatic rings. The van der Waals surface area contributed by atoms with Gasteiger partial charge in [0.25, 0.3) is 0 Å². The third-order valence-electron chi connectivity index (χ3n) is 5.80. The summed E-state index contributed by atoms with van der Waals surface area (Å²) in [6.07, 6.45) is 11.1. The molecule has 0 spiro atoms. The molecule has 0 aromatic heterocycles. The van der Waals surface area contributed by atoms with Crippen molar-refractivity contribution < 1.29 is 5.11 Å². The van der Waals surface area contributed by atoms with Gasteiger partial charge in [-0.25, -0.2) is 0 Å². The van der Waals surface area contributed by atoms with E-state index in [2.05, 4.69) is 71.4 Å². The van der Waals surface area contributed by atoms with Crippen LogP contribution in [0, 0.1) is 16.7 Å². The van der Waals surface area contributed by atoms with E-state index in [1.54, 1.807) is 0 Å². The fourth-order valence-electron chi connectivity index (χ4n) is 4.50. The topological polar surface area (TPSA) is 20.2 Å². The second-order valence-electron chi connectivity index (χ2n) is 8.95. The summed E-state index contributed by atoms with van der Waals surface area (Å²) in [5.74, 6) is 5.24. The minimum atomic E-state index is -0.178. The average molecular weight is 346 g/mol. The summed E-state index contributed by atoms with van der Waals surface area (Å²) in [5, 5.41) is 9.99. The second kappa shape index (κ2) is 7.71. The Labute approximate surface area is 150 Å². The second-order valence-corrected chi connectivity index (χ2v) is 9.95. The molecule has 1 nitrogen and oxygen atoms in total. The Hall–Kier alpha value is -0.650. The number of aliphatic hydroxyl groups is 1. The monoisotopic (exact) mass is 346 g/mol. The van der Waals surface area contributed by atoms with E-state index in [0.29, 0.717) is 11.3 Å². The molecule has 0 saturated carbocycles. The summed E-state index contributed by atoms with van der Waals surface area (Å²) >= 11 is 0. The maximum Gasteiger partial charge on any atom is 0.0585 e. The van der Waals surface area contributed by atoms with Crippen LogP contribution < -0.4 is 0 Å². The molecule has 0 aromatic rings. The lowest BCUT2D eigenvalue weighted by Crippen LogP contribution is -2.28. The van der Waals surface area contributed by atoms with E-state index >= 15 is 0 Å². The van der Waals surface area contributed by atoms with Crippen LogP contribution in [0.3, 0.4) is 0 Å². The van der Waals surface area contributed by atoms with E-state index in [9.17, 15) is 5.11 Å². The first kappa shape index (κ1) is 19.7. The summed E-state index contributed by atoms with van der Waals surface area (Å²) in [5.41, 5.74) is 4.75. The molecule has 1 N–H and O–H groups in total. The Balaban J connectivity index is 2.01. The number of aliphatic hydroxyl groups excluding tert-OH is 1. The molecule has 2 rings (SSSR count). The molecule has 0 bridgehead atoms. The highest BCUT2D eigenvalue weighted by molar-refractivity contribution is 7.45. The molecule has 3 atom stereocenters. The van der Waals surface area contributed by atoms with Crippen LogP contribution in [-0.4, -0.2) is 11.2 Å². The summed E-state index contributed by atoms with van der Waals surface area (Å²) in [4.78, 5) is 0. The fraction of sp³-hybridized carbons (Fsp3) is 0.636. The maximum atomic E-state index is 9.99. The van der Waals surface area contributed by atoms with E-state index in [1.165, 1.54) is 29.6 Å². The highest BCUT2D eigenvalue weighted by Gasteiger charge is 2.32. The first-order chi connectivity index (χ1) is 11.1. The normalized spacial score (nSPS) is 30.7. The average Bonchev–Trinajstić information content (AvgIpc) is 2.42. The third kappa shape index (κ3) is 4.70. The van der Waals surface area contributed by atoms with Crippen LogP contribution in [0.25, 0.3) is 0 Å².